The fraction of sp³-hybridized carbons (Fsp3) is 0.259. The zero-order chi connectivity index (χ0) is 22.2. The summed E-state index contributed by atoms with van der Waals surface area (Å²) in [5.41, 5.74) is 3.27. The van der Waals surface area contributed by atoms with Crippen LogP contribution in [0.3, 0.4) is 0 Å². The summed E-state index contributed by atoms with van der Waals surface area (Å²) < 4.78 is 5.47. The molecule has 0 radical (unpaired) electrons. The van der Waals surface area contributed by atoms with Crippen LogP contribution in [-0.2, 0) is 9.59 Å². The number of hydrogen-bond donors (Lipinski definition) is 1. The molecule has 1 heterocycles. The second-order valence-corrected chi connectivity index (χ2v) is 7.92. The van der Waals surface area contributed by atoms with Gasteiger partial charge in [0.2, 0.25) is 5.91 Å². The average molecular weight is 429 g/mol. The molecule has 2 amide bonds. The molecular formula is C27H28N2O3. The fourth-order valence-corrected chi connectivity index (χ4v) is 4.14. The molecule has 164 valence electrons. The largest absolute Gasteiger partial charge is 0.482 e. The van der Waals surface area contributed by atoms with Gasteiger partial charge in [0, 0.05) is 25.4 Å². The van der Waals surface area contributed by atoms with E-state index in [0.29, 0.717) is 31.7 Å². The predicted molar refractivity (Wildman–Crippen MR) is 126 cm³/mol. The van der Waals surface area contributed by atoms with E-state index in [1.807, 2.05) is 36.4 Å². The van der Waals surface area contributed by atoms with Crippen molar-refractivity contribution in [2.24, 2.45) is 0 Å². The van der Waals surface area contributed by atoms with E-state index in [-0.39, 0.29) is 24.3 Å². The summed E-state index contributed by atoms with van der Waals surface area (Å²) in [6, 6.07) is 28.3. The van der Waals surface area contributed by atoms with Gasteiger partial charge in [-0.05, 0) is 36.1 Å². The second-order valence-electron chi connectivity index (χ2n) is 7.92. The summed E-state index contributed by atoms with van der Waals surface area (Å²) in [5.74, 6) is 0.890. The smallest absolute Gasteiger partial charge is 0.265 e. The van der Waals surface area contributed by atoms with Crippen LogP contribution < -0.4 is 15.0 Å². The third-order valence-corrected chi connectivity index (χ3v) is 5.75. The molecule has 5 heteroatoms. The number of hydrogen-bond acceptors (Lipinski definition) is 3. The summed E-state index contributed by atoms with van der Waals surface area (Å²) in [6.45, 7) is 1.15. The fourth-order valence-electron chi connectivity index (χ4n) is 4.14. The molecule has 0 unspecified atom stereocenters. The number of nitrogens with zero attached hydrogens (tertiary/aromatic N) is 1. The van der Waals surface area contributed by atoms with Crippen molar-refractivity contribution in [2.45, 2.75) is 25.2 Å². The molecule has 0 atom stereocenters. The lowest BCUT2D eigenvalue weighted by atomic mass is 9.88. The van der Waals surface area contributed by atoms with Crippen molar-refractivity contribution < 1.29 is 14.3 Å². The maximum atomic E-state index is 12.4. The van der Waals surface area contributed by atoms with E-state index in [1.165, 1.54) is 11.1 Å². The van der Waals surface area contributed by atoms with Crippen molar-refractivity contribution in [3.05, 3.63) is 96.1 Å². The molecule has 32 heavy (non-hydrogen) atoms. The van der Waals surface area contributed by atoms with Crippen molar-refractivity contribution in [3.63, 3.8) is 0 Å². The lowest BCUT2D eigenvalue weighted by Crippen LogP contribution is -2.39. The van der Waals surface area contributed by atoms with Crippen molar-refractivity contribution >= 4 is 17.5 Å². The first-order chi connectivity index (χ1) is 15.7. The Morgan fingerprint density at radius 3 is 2.22 bits per heavy atom. The number of carbonyl (C=O) groups is 2. The highest BCUT2D eigenvalue weighted by molar-refractivity contribution is 5.97. The van der Waals surface area contributed by atoms with Crippen LogP contribution in [0.1, 0.15) is 36.3 Å². The van der Waals surface area contributed by atoms with Gasteiger partial charge in [0.1, 0.15) is 5.75 Å². The van der Waals surface area contributed by atoms with E-state index in [4.69, 9.17) is 4.74 Å². The summed E-state index contributed by atoms with van der Waals surface area (Å²) in [5, 5.41) is 3.05. The molecule has 1 aliphatic rings. The molecule has 3 aromatic rings. The maximum absolute atomic E-state index is 12.4. The van der Waals surface area contributed by atoms with Crippen LogP contribution in [0.4, 0.5) is 5.69 Å². The molecule has 1 N–H and O–H groups in total. The van der Waals surface area contributed by atoms with Crippen molar-refractivity contribution in [3.8, 4) is 5.75 Å². The molecule has 0 spiro atoms. The summed E-state index contributed by atoms with van der Waals surface area (Å²) >= 11 is 0. The molecule has 0 aliphatic carbocycles. The Balaban J connectivity index is 1.27. The van der Waals surface area contributed by atoms with E-state index in [2.05, 4.69) is 53.8 Å². The third kappa shape index (κ3) is 5.35. The van der Waals surface area contributed by atoms with Crippen molar-refractivity contribution in [1.82, 2.24) is 5.32 Å². The van der Waals surface area contributed by atoms with Gasteiger partial charge in [-0.25, -0.2) is 0 Å². The monoisotopic (exact) mass is 428 g/mol. The Bertz CT molecular complexity index is 998. The van der Waals surface area contributed by atoms with Gasteiger partial charge in [-0.1, -0.05) is 72.8 Å². The van der Waals surface area contributed by atoms with Gasteiger partial charge in [-0.3, -0.25) is 9.59 Å². The van der Waals surface area contributed by atoms with Crippen LogP contribution in [-0.4, -0.2) is 31.5 Å². The highest BCUT2D eigenvalue weighted by Crippen LogP contribution is 2.31. The number of rotatable bonds is 9. The molecule has 3 aromatic carbocycles. The van der Waals surface area contributed by atoms with Gasteiger partial charge in [-0.2, -0.15) is 0 Å². The van der Waals surface area contributed by atoms with Crippen LogP contribution in [0.5, 0.6) is 5.75 Å². The van der Waals surface area contributed by atoms with Crippen LogP contribution >= 0.6 is 0 Å². The molecule has 0 bridgehead atoms. The Kier molecular flexibility index (Phi) is 7.18. The van der Waals surface area contributed by atoms with Gasteiger partial charge in [-0.15, -0.1) is 0 Å². The second kappa shape index (κ2) is 10.6. The Hall–Kier alpha value is -3.60. The summed E-state index contributed by atoms with van der Waals surface area (Å²) in [4.78, 5) is 26.4. The van der Waals surface area contributed by atoms with Crippen molar-refractivity contribution in [2.75, 3.05) is 24.6 Å². The Labute approximate surface area is 189 Å². The number of para-hydroxylation sites is 2. The third-order valence-electron chi connectivity index (χ3n) is 5.75. The number of fused-ring (bicyclic) bond motifs is 1. The number of anilines is 1. The van der Waals surface area contributed by atoms with Crippen LogP contribution in [0.15, 0.2) is 84.9 Å². The number of ether oxygens (including phenoxy) is 1. The van der Waals surface area contributed by atoms with Gasteiger partial charge >= 0.3 is 0 Å². The van der Waals surface area contributed by atoms with E-state index >= 15 is 0 Å². The van der Waals surface area contributed by atoms with E-state index in [1.54, 1.807) is 4.90 Å². The van der Waals surface area contributed by atoms with Gasteiger partial charge in [0.05, 0.1) is 5.69 Å². The van der Waals surface area contributed by atoms with Crippen LogP contribution in [0.2, 0.25) is 0 Å². The van der Waals surface area contributed by atoms with Crippen LogP contribution in [0.25, 0.3) is 0 Å². The van der Waals surface area contributed by atoms with E-state index in [0.717, 1.165) is 12.1 Å². The standard InChI is InChI=1S/C27H28N2O3/c30-26(16-9-19-29-24-14-7-8-15-25(24)32-20-27(29)31)28-18-17-23(21-10-3-1-4-11-21)22-12-5-2-6-13-22/h1-8,10-15,23H,9,16-20H2,(H,28,30). The lowest BCUT2D eigenvalue weighted by Gasteiger charge is -2.29. The first-order valence-corrected chi connectivity index (χ1v) is 11.1. The number of nitrogens with one attached hydrogen (secondary N) is 1. The Morgan fingerprint density at radius 1 is 0.906 bits per heavy atom. The van der Waals surface area contributed by atoms with Gasteiger partial charge in [0.15, 0.2) is 6.61 Å². The normalized spacial score (nSPS) is 12.9. The topological polar surface area (TPSA) is 58.6 Å². The molecule has 0 aromatic heterocycles. The number of amides is 2. The molecular weight excluding hydrogens is 400 g/mol. The molecule has 5 nitrogen and oxygen atoms in total. The first-order valence-electron chi connectivity index (χ1n) is 11.1. The van der Waals surface area contributed by atoms with Crippen LogP contribution in [0, 0.1) is 0 Å². The zero-order valence-electron chi connectivity index (χ0n) is 18.1. The molecule has 4 rings (SSSR count). The minimum atomic E-state index is -0.0716. The van der Waals surface area contributed by atoms with Crippen molar-refractivity contribution in [1.29, 1.82) is 0 Å². The van der Waals surface area contributed by atoms with E-state index in [9.17, 15) is 9.59 Å². The quantitative estimate of drug-likeness (QED) is 0.545. The zero-order valence-corrected chi connectivity index (χ0v) is 18.1. The minimum absolute atomic E-state index is 0.0128. The lowest BCUT2D eigenvalue weighted by molar-refractivity contribution is -0.122. The maximum Gasteiger partial charge on any atom is 0.265 e. The van der Waals surface area contributed by atoms with Gasteiger partial charge in [0.25, 0.3) is 5.91 Å². The Morgan fingerprint density at radius 2 is 1.53 bits per heavy atom. The van der Waals surface area contributed by atoms with E-state index < -0.39 is 0 Å². The highest BCUT2D eigenvalue weighted by Gasteiger charge is 2.24. The predicted octanol–water partition coefficient (Wildman–Crippen LogP) is 4.53. The summed E-state index contributed by atoms with van der Waals surface area (Å²) in [6.07, 6.45) is 1.82. The first kappa shape index (κ1) is 21.6. The molecule has 0 saturated carbocycles. The van der Waals surface area contributed by atoms with Gasteiger partial charge < -0.3 is 15.0 Å². The number of carbonyl (C=O) groups excluding carboxylic acids is 2. The number of benzene rings is 3. The average Bonchev–Trinajstić information content (AvgIpc) is 2.84. The minimum Gasteiger partial charge on any atom is -0.482 e. The highest BCUT2D eigenvalue weighted by atomic mass is 16.5. The molecule has 0 saturated heterocycles. The molecule has 0 fully saturated rings. The molecule has 1 aliphatic heterocycles. The SMILES string of the molecule is O=C(CCCN1C(=O)COc2ccccc21)NCCC(c1ccccc1)c1ccccc1. The summed E-state index contributed by atoms with van der Waals surface area (Å²) in [7, 11) is 0.